The number of hydrogen-bond donors (Lipinski definition) is 1. The molecule has 2 aromatic rings. The van der Waals surface area contributed by atoms with E-state index in [0.29, 0.717) is 16.4 Å². The van der Waals surface area contributed by atoms with Crippen LogP contribution in [0.2, 0.25) is 5.02 Å². The fourth-order valence-corrected chi connectivity index (χ4v) is 3.13. The van der Waals surface area contributed by atoms with Crippen molar-refractivity contribution >= 4 is 38.9 Å². The van der Waals surface area contributed by atoms with Gasteiger partial charge in [0.05, 0.1) is 5.02 Å². The second-order valence-corrected chi connectivity index (χ2v) is 7.06. The maximum atomic E-state index is 12.3. The summed E-state index contributed by atoms with van der Waals surface area (Å²) in [5.41, 5.74) is -0.0984. The van der Waals surface area contributed by atoms with E-state index in [1.54, 1.807) is 0 Å². The Hall–Kier alpha value is -1.10. The zero-order valence-corrected chi connectivity index (χ0v) is 13.7. The number of fused-ring (bicyclic) bond motifs is 1. The Morgan fingerprint density at radius 1 is 1.35 bits per heavy atom. The van der Waals surface area contributed by atoms with Crippen LogP contribution in [0.15, 0.2) is 24.3 Å². The van der Waals surface area contributed by atoms with Gasteiger partial charge in [0.1, 0.15) is 4.88 Å². The molecule has 0 spiro atoms. The van der Waals surface area contributed by atoms with E-state index in [-0.39, 0.29) is 11.4 Å². The van der Waals surface area contributed by atoms with E-state index in [0.717, 1.165) is 10.1 Å². The molecule has 1 N–H and O–H groups in total. The van der Waals surface area contributed by atoms with Gasteiger partial charge >= 0.3 is 0 Å². The number of amides is 1. The van der Waals surface area contributed by atoms with Gasteiger partial charge < -0.3 is 10.2 Å². The Morgan fingerprint density at radius 2 is 2.00 bits per heavy atom. The highest BCUT2D eigenvalue weighted by Crippen LogP contribution is 2.34. The molecule has 0 radical (unpaired) electrons. The molecule has 0 atom stereocenters. The SMILES string of the molecule is CN(C)C(C)(C)CNC(=O)c1sc2ccccc2c1Cl. The van der Waals surface area contributed by atoms with Crippen molar-refractivity contribution in [1.29, 1.82) is 0 Å². The standard InChI is InChI=1S/C15H19ClN2OS/c1-15(2,18(3)4)9-17-14(19)13-12(16)10-7-5-6-8-11(10)20-13/h5-8H,9H2,1-4H3,(H,17,19). The Labute approximate surface area is 128 Å². The molecular weight excluding hydrogens is 292 g/mol. The third kappa shape index (κ3) is 2.97. The van der Waals surface area contributed by atoms with Crippen molar-refractivity contribution in [3.63, 3.8) is 0 Å². The van der Waals surface area contributed by atoms with Crippen LogP contribution < -0.4 is 5.32 Å². The van der Waals surface area contributed by atoms with E-state index in [4.69, 9.17) is 11.6 Å². The number of thiophene rings is 1. The number of rotatable bonds is 4. The number of nitrogens with one attached hydrogen (secondary N) is 1. The summed E-state index contributed by atoms with van der Waals surface area (Å²) in [7, 11) is 4.00. The lowest BCUT2D eigenvalue weighted by Gasteiger charge is -2.32. The van der Waals surface area contributed by atoms with Gasteiger partial charge in [-0.05, 0) is 34.0 Å². The van der Waals surface area contributed by atoms with Gasteiger partial charge in [0, 0.05) is 22.2 Å². The molecule has 108 valence electrons. The first kappa shape index (κ1) is 15.3. The maximum absolute atomic E-state index is 12.3. The molecule has 0 aliphatic carbocycles. The Balaban J connectivity index is 2.18. The molecule has 1 aromatic carbocycles. The van der Waals surface area contributed by atoms with Gasteiger partial charge in [0.15, 0.2) is 0 Å². The van der Waals surface area contributed by atoms with Crippen LogP contribution in [0.3, 0.4) is 0 Å². The van der Waals surface area contributed by atoms with Crippen LogP contribution in [0.5, 0.6) is 0 Å². The lowest BCUT2D eigenvalue weighted by molar-refractivity contribution is 0.0924. The van der Waals surface area contributed by atoms with E-state index in [9.17, 15) is 4.79 Å². The molecule has 3 nitrogen and oxygen atoms in total. The number of likely N-dealkylation sites (N-methyl/N-ethyl adjacent to an activating group) is 1. The summed E-state index contributed by atoms with van der Waals surface area (Å²) in [5, 5.41) is 4.46. The van der Waals surface area contributed by atoms with E-state index >= 15 is 0 Å². The number of hydrogen-bond acceptors (Lipinski definition) is 3. The predicted molar refractivity (Wildman–Crippen MR) is 86.9 cm³/mol. The van der Waals surface area contributed by atoms with Crippen molar-refractivity contribution in [2.24, 2.45) is 0 Å². The predicted octanol–water partition coefficient (Wildman–Crippen LogP) is 3.62. The van der Waals surface area contributed by atoms with E-state index < -0.39 is 0 Å². The Morgan fingerprint density at radius 3 is 2.60 bits per heavy atom. The van der Waals surface area contributed by atoms with Gasteiger partial charge in [-0.15, -0.1) is 11.3 Å². The molecule has 1 aromatic heterocycles. The smallest absolute Gasteiger partial charge is 0.262 e. The summed E-state index contributed by atoms with van der Waals surface area (Å²) in [6.45, 7) is 4.74. The van der Waals surface area contributed by atoms with Crippen LogP contribution in [-0.4, -0.2) is 37.0 Å². The zero-order chi connectivity index (χ0) is 14.9. The molecule has 5 heteroatoms. The summed E-state index contributed by atoms with van der Waals surface area (Å²) in [5.74, 6) is -0.105. The first-order chi connectivity index (χ1) is 9.33. The average molecular weight is 311 g/mol. The van der Waals surface area contributed by atoms with Gasteiger partial charge in [-0.3, -0.25) is 4.79 Å². The highest BCUT2D eigenvalue weighted by Gasteiger charge is 2.23. The molecule has 0 saturated carbocycles. The van der Waals surface area contributed by atoms with E-state index in [2.05, 4.69) is 24.1 Å². The summed E-state index contributed by atoms with van der Waals surface area (Å²) >= 11 is 7.74. The third-order valence-corrected chi connectivity index (χ3v) is 5.31. The van der Waals surface area contributed by atoms with E-state index in [1.807, 2.05) is 38.4 Å². The van der Waals surface area contributed by atoms with Crippen LogP contribution >= 0.6 is 22.9 Å². The normalized spacial score (nSPS) is 12.1. The zero-order valence-electron chi connectivity index (χ0n) is 12.2. The van der Waals surface area contributed by atoms with E-state index in [1.165, 1.54) is 11.3 Å². The van der Waals surface area contributed by atoms with Crippen LogP contribution in [0, 0.1) is 0 Å². The molecule has 0 bridgehead atoms. The molecule has 0 fully saturated rings. The quantitative estimate of drug-likeness (QED) is 0.935. The molecule has 2 rings (SSSR count). The average Bonchev–Trinajstić information content (AvgIpc) is 2.74. The molecule has 20 heavy (non-hydrogen) atoms. The van der Waals surface area contributed by atoms with Gasteiger partial charge in [-0.1, -0.05) is 29.8 Å². The van der Waals surface area contributed by atoms with Crippen LogP contribution in [0.1, 0.15) is 23.5 Å². The van der Waals surface area contributed by atoms with Gasteiger partial charge in [-0.25, -0.2) is 0 Å². The maximum Gasteiger partial charge on any atom is 0.262 e. The highest BCUT2D eigenvalue weighted by atomic mass is 35.5. The second-order valence-electron chi connectivity index (χ2n) is 5.63. The van der Waals surface area contributed by atoms with Crippen molar-refractivity contribution in [2.45, 2.75) is 19.4 Å². The van der Waals surface area contributed by atoms with Crippen molar-refractivity contribution in [2.75, 3.05) is 20.6 Å². The number of carbonyl (C=O) groups is 1. The molecule has 0 aliphatic rings. The van der Waals surface area contributed by atoms with Crippen molar-refractivity contribution in [1.82, 2.24) is 10.2 Å². The first-order valence-corrected chi connectivity index (χ1v) is 7.65. The Kier molecular flexibility index (Phi) is 4.37. The third-order valence-electron chi connectivity index (χ3n) is 3.63. The molecule has 0 unspecified atom stereocenters. The lowest BCUT2D eigenvalue weighted by Crippen LogP contribution is -2.48. The number of benzene rings is 1. The highest BCUT2D eigenvalue weighted by molar-refractivity contribution is 7.21. The summed E-state index contributed by atoms with van der Waals surface area (Å²) < 4.78 is 1.04. The van der Waals surface area contributed by atoms with Crippen LogP contribution in [0.25, 0.3) is 10.1 Å². The fraction of sp³-hybridized carbons (Fsp3) is 0.400. The van der Waals surface area contributed by atoms with Crippen molar-refractivity contribution in [3.05, 3.63) is 34.2 Å². The van der Waals surface area contributed by atoms with Crippen LogP contribution in [-0.2, 0) is 0 Å². The lowest BCUT2D eigenvalue weighted by atomic mass is 10.0. The minimum Gasteiger partial charge on any atom is -0.349 e. The number of halogens is 1. The summed E-state index contributed by atoms with van der Waals surface area (Å²) in [6, 6.07) is 7.80. The topological polar surface area (TPSA) is 32.3 Å². The molecule has 1 amide bonds. The fourth-order valence-electron chi connectivity index (χ4n) is 1.70. The molecular formula is C15H19ClN2OS. The van der Waals surface area contributed by atoms with Gasteiger partial charge in [0.2, 0.25) is 0 Å². The van der Waals surface area contributed by atoms with Crippen LogP contribution in [0.4, 0.5) is 0 Å². The number of nitrogens with zero attached hydrogens (tertiary/aromatic N) is 1. The van der Waals surface area contributed by atoms with Gasteiger partial charge in [0.25, 0.3) is 5.91 Å². The molecule has 0 saturated heterocycles. The molecule has 0 aliphatic heterocycles. The summed E-state index contributed by atoms with van der Waals surface area (Å²) in [4.78, 5) is 15.0. The van der Waals surface area contributed by atoms with Gasteiger partial charge in [-0.2, -0.15) is 0 Å². The second kappa shape index (κ2) is 5.72. The first-order valence-electron chi connectivity index (χ1n) is 6.45. The van der Waals surface area contributed by atoms with Crippen molar-refractivity contribution in [3.8, 4) is 0 Å². The minimum atomic E-state index is -0.105. The number of carbonyl (C=O) groups excluding carboxylic acids is 1. The Bertz CT molecular complexity index is 634. The monoisotopic (exact) mass is 310 g/mol. The summed E-state index contributed by atoms with van der Waals surface area (Å²) in [6.07, 6.45) is 0. The van der Waals surface area contributed by atoms with Crippen molar-refractivity contribution < 1.29 is 4.79 Å². The largest absolute Gasteiger partial charge is 0.349 e. The minimum absolute atomic E-state index is 0.0984. The molecule has 1 heterocycles.